The minimum atomic E-state index is 0.0868. The minimum absolute atomic E-state index is 0.0868. The molecule has 0 aliphatic rings. The molecule has 4 rings (SSSR count). The number of nitrogens with zero attached hydrogens (tertiary/aromatic N) is 3. The average molecular weight is 325 g/mol. The van der Waals surface area contributed by atoms with Crippen LogP contribution in [0.1, 0.15) is 11.1 Å². The molecule has 0 aliphatic heterocycles. The van der Waals surface area contributed by atoms with E-state index < -0.39 is 0 Å². The van der Waals surface area contributed by atoms with Gasteiger partial charge in [0.05, 0.1) is 17.1 Å². The number of aliphatic hydroxyl groups is 1. The summed E-state index contributed by atoms with van der Waals surface area (Å²) in [5.74, 6) is 0. The maximum atomic E-state index is 9.65. The highest BCUT2D eigenvalue weighted by Crippen LogP contribution is 2.35. The molecular weight excluding hydrogens is 310 g/mol. The monoisotopic (exact) mass is 325 g/mol. The zero-order valence-electron chi connectivity index (χ0n) is 13.5. The maximum absolute atomic E-state index is 9.65. The highest BCUT2D eigenvalue weighted by Gasteiger charge is 2.13. The van der Waals surface area contributed by atoms with Gasteiger partial charge in [0.2, 0.25) is 0 Å². The Balaban J connectivity index is 2.08. The highest BCUT2D eigenvalue weighted by atomic mass is 16.2. The third-order valence-corrected chi connectivity index (χ3v) is 4.43. The number of benzene rings is 3. The molecule has 0 bridgehead atoms. The second-order valence-electron chi connectivity index (χ2n) is 5.89. The van der Waals surface area contributed by atoms with E-state index in [1.807, 2.05) is 36.4 Å². The van der Waals surface area contributed by atoms with E-state index in [1.54, 1.807) is 6.20 Å². The first kappa shape index (κ1) is 15.3. The van der Waals surface area contributed by atoms with Crippen molar-refractivity contribution in [3.05, 3.63) is 72.2 Å². The lowest BCUT2D eigenvalue weighted by molar-refractivity contribution is 0.300. The Hall–Kier alpha value is -3.29. The number of nitriles is 1. The van der Waals surface area contributed by atoms with Gasteiger partial charge in [-0.25, -0.2) is 9.97 Å². The number of rotatable bonds is 3. The lowest BCUT2D eigenvalue weighted by Gasteiger charge is -2.13. The average Bonchev–Trinajstić information content (AvgIpc) is 2.67. The lowest BCUT2D eigenvalue weighted by Crippen LogP contribution is -1.95. The molecule has 4 nitrogen and oxygen atoms in total. The molecule has 0 saturated carbocycles. The molecule has 0 saturated heterocycles. The Morgan fingerprint density at radius 3 is 2.64 bits per heavy atom. The summed E-state index contributed by atoms with van der Waals surface area (Å²) in [4.78, 5) is 8.35. The molecular formula is C21H15N3O. The van der Waals surface area contributed by atoms with Crippen LogP contribution < -0.4 is 0 Å². The van der Waals surface area contributed by atoms with E-state index in [4.69, 9.17) is 0 Å². The molecule has 1 heterocycles. The van der Waals surface area contributed by atoms with Crippen molar-refractivity contribution in [3.63, 3.8) is 0 Å². The molecule has 0 spiro atoms. The van der Waals surface area contributed by atoms with Crippen LogP contribution in [0.5, 0.6) is 0 Å². The summed E-state index contributed by atoms with van der Waals surface area (Å²) < 4.78 is 0. The van der Waals surface area contributed by atoms with E-state index >= 15 is 0 Å². The van der Waals surface area contributed by atoms with Crippen LogP contribution >= 0.6 is 0 Å². The van der Waals surface area contributed by atoms with Gasteiger partial charge in [0.1, 0.15) is 6.33 Å². The van der Waals surface area contributed by atoms with Crippen LogP contribution in [0.2, 0.25) is 0 Å². The third-order valence-electron chi connectivity index (χ3n) is 4.43. The zero-order chi connectivity index (χ0) is 17.2. The van der Waals surface area contributed by atoms with Crippen molar-refractivity contribution in [1.82, 2.24) is 9.97 Å². The van der Waals surface area contributed by atoms with Crippen molar-refractivity contribution in [2.75, 3.05) is 6.61 Å². The summed E-state index contributed by atoms with van der Waals surface area (Å²) in [6.45, 7) is 0.0868. The minimum Gasteiger partial charge on any atom is -0.396 e. The maximum Gasteiger partial charge on any atom is 0.116 e. The molecule has 25 heavy (non-hydrogen) atoms. The highest BCUT2D eigenvalue weighted by molar-refractivity contribution is 6.02. The topological polar surface area (TPSA) is 69.8 Å². The molecule has 4 heteroatoms. The number of aliphatic hydroxyl groups excluding tert-OH is 1. The number of hydrogen-bond acceptors (Lipinski definition) is 4. The van der Waals surface area contributed by atoms with Crippen molar-refractivity contribution >= 4 is 21.7 Å². The summed E-state index contributed by atoms with van der Waals surface area (Å²) in [6, 6.07) is 18.2. The second kappa shape index (κ2) is 6.31. The van der Waals surface area contributed by atoms with Crippen molar-refractivity contribution in [3.8, 4) is 17.2 Å². The van der Waals surface area contributed by atoms with E-state index in [2.05, 4.69) is 28.2 Å². The fourth-order valence-corrected chi connectivity index (χ4v) is 3.32. The van der Waals surface area contributed by atoms with Crippen molar-refractivity contribution in [2.45, 2.75) is 6.42 Å². The normalized spacial score (nSPS) is 10.9. The van der Waals surface area contributed by atoms with Crippen LogP contribution in [0.3, 0.4) is 0 Å². The molecule has 0 fully saturated rings. The second-order valence-corrected chi connectivity index (χ2v) is 5.89. The first-order chi connectivity index (χ1) is 12.3. The Morgan fingerprint density at radius 1 is 1.00 bits per heavy atom. The van der Waals surface area contributed by atoms with E-state index in [9.17, 15) is 10.4 Å². The summed E-state index contributed by atoms with van der Waals surface area (Å²) in [7, 11) is 0. The number of hydrogen-bond donors (Lipinski definition) is 1. The molecule has 0 atom stereocenters. The molecule has 0 unspecified atom stereocenters. The van der Waals surface area contributed by atoms with Gasteiger partial charge >= 0.3 is 0 Å². The summed E-state index contributed by atoms with van der Waals surface area (Å²) in [5.41, 5.74) is 4.31. The van der Waals surface area contributed by atoms with Gasteiger partial charge in [-0.15, -0.1) is 0 Å². The fourth-order valence-electron chi connectivity index (χ4n) is 3.32. The quantitative estimate of drug-likeness (QED) is 0.621. The van der Waals surface area contributed by atoms with Crippen LogP contribution in [0.25, 0.3) is 32.8 Å². The predicted molar refractivity (Wildman–Crippen MR) is 98.0 cm³/mol. The van der Waals surface area contributed by atoms with Gasteiger partial charge in [0, 0.05) is 23.8 Å². The van der Waals surface area contributed by atoms with Gasteiger partial charge in [-0.05, 0) is 40.5 Å². The SMILES string of the molecule is N#Cc1cc2cncnc2cc1-c1cccc2cccc(CCO)c12. The molecule has 0 amide bonds. The number of aromatic nitrogens is 2. The van der Waals surface area contributed by atoms with Gasteiger partial charge in [-0.3, -0.25) is 0 Å². The molecule has 4 aromatic rings. The zero-order valence-corrected chi connectivity index (χ0v) is 13.5. The molecule has 1 N–H and O–H groups in total. The van der Waals surface area contributed by atoms with E-state index in [0.29, 0.717) is 12.0 Å². The first-order valence-electron chi connectivity index (χ1n) is 8.07. The Labute approximate surface area is 145 Å². The standard InChI is InChI=1S/C21H15N3O/c22-11-16-9-17-12-23-13-24-20(17)10-19(16)18-6-2-5-14-3-1-4-15(7-8-25)21(14)18/h1-6,9-10,12-13,25H,7-8H2. The van der Waals surface area contributed by atoms with Crippen LogP contribution in [-0.2, 0) is 6.42 Å². The van der Waals surface area contributed by atoms with E-state index in [0.717, 1.165) is 38.4 Å². The summed E-state index contributed by atoms with van der Waals surface area (Å²) in [5, 5.41) is 22.1. The van der Waals surface area contributed by atoms with Crippen LogP contribution in [0, 0.1) is 11.3 Å². The van der Waals surface area contributed by atoms with Crippen molar-refractivity contribution < 1.29 is 5.11 Å². The van der Waals surface area contributed by atoms with Crippen LogP contribution in [0.15, 0.2) is 61.1 Å². The Bertz CT molecular complexity index is 1120. The molecule has 3 aromatic carbocycles. The largest absolute Gasteiger partial charge is 0.396 e. The van der Waals surface area contributed by atoms with Crippen LogP contribution in [0.4, 0.5) is 0 Å². The Kier molecular flexibility index (Phi) is 3.85. The van der Waals surface area contributed by atoms with Gasteiger partial charge < -0.3 is 5.11 Å². The summed E-state index contributed by atoms with van der Waals surface area (Å²) in [6.07, 6.45) is 3.80. The number of fused-ring (bicyclic) bond motifs is 2. The summed E-state index contributed by atoms with van der Waals surface area (Å²) >= 11 is 0. The van der Waals surface area contributed by atoms with Gasteiger partial charge in [0.25, 0.3) is 0 Å². The van der Waals surface area contributed by atoms with Crippen molar-refractivity contribution in [1.29, 1.82) is 5.26 Å². The fraction of sp³-hybridized carbons (Fsp3) is 0.0952. The van der Waals surface area contributed by atoms with Gasteiger partial charge in [0.15, 0.2) is 0 Å². The van der Waals surface area contributed by atoms with Crippen molar-refractivity contribution in [2.24, 2.45) is 0 Å². The van der Waals surface area contributed by atoms with Crippen LogP contribution in [-0.4, -0.2) is 21.7 Å². The lowest BCUT2D eigenvalue weighted by atomic mass is 9.91. The van der Waals surface area contributed by atoms with Gasteiger partial charge in [-0.2, -0.15) is 5.26 Å². The molecule has 120 valence electrons. The third kappa shape index (κ3) is 2.61. The molecule has 0 aliphatic carbocycles. The van der Waals surface area contributed by atoms with E-state index in [1.165, 1.54) is 6.33 Å². The molecule has 0 radical (unpaired) electrons. The van der Waals surface area contributed by atoms with E-state index in [-0.39, 0.29) is 6.61 Å². The Morgan fingerprint density at radius 2 is 1.84 bits per heavy atom. The molecule has 1 aromatic heterocycles. The predicted octanol–water partition coefficient (Wildman–Crippen LogP) is 3.86. The van der Waals surface area contributed by atoms with Gasteiger partial charge in [-0.1, -0.05) is 36.4 Å². The first-order valence-corrected chi connectivity index (χ1v) is 8.07. The smallest absolute Gasteiger partial charge is 0.116 e.